The van der Waals surface area contributed by atoms with Gasteiger partial charge >= 0.3 is 0 Å². The fourth-order valence-electron chi connectivity index (χ4n) is 2.68. The predicted octanol–water partition coefficient (Wildman–Crippen LogP) is -0.146. The molecule has 1 unspecified atom stereocenters. The van der Waals surface area contributed by atoms with Gasteiger partial charge in [0.15, 0.2) is 9.84 Å². The van der Waals surface area contributed by atoms with Gasteiger partial charge in [-0.1, -0.05) is 6.42 Å². The maximum Gasteiger partial charge on any atom is 0.244 e. The van der Waals surface area contributed by atoms with Crippen LogP contribution in [-0.4, -0.2) is 55.5 Å². The van der Waals surface area contributed by atoms with Crippen LogP contribution in [0.5, 0.6) is 0 Å². The van der Waals surface area contributed by atoms with Crippen LogP contribution in [0.4, 0.5) is 5.95 Å². The van der Waals surface area contributed by atoms with Gasteiger partial charge in [0.1, 0.15) is 11.1 Å². The van der Waals surface area contributed by atoms with Crippen molar-refractivity contribution < 1.29 is 8.42 Å². The normalized spacial score (nSPS) is 27.4. The molecule has 2 fully saturated rings. The second-order valence-corrected chi connectivity index (χ2v) is 7.41. The largest absolute Gasteiger partial charge is 0.337 e. The minimum Gasteiger partial charge on any atom is -0.337 e. The molecule has 1 aromatic rings. The number of anilines is 1. The third-order valence-corrected chi connectivity index (χ3v) is 5.96. The molecule has 1 aromatic heterocycles. The summed E-state index contributed by atoms with van der Waals surface area (Å²) in [6.45, 7) is 3.53. The molecule has 19 heavy (non-hydrogen) atoms. The van der Waals surface area contributed by atoms with Gasteiger partial charge in [0, 0.05) is 26.2 Å². The summed E-state index contributed by atoms with van der Waals surface area (Å²) >= 11 is 0. The van der Waals surface area contributed by atoms with Crippen molar-refractivity contribution in [2.24, 2.45) is 0 Å². The van der Waals surface area contributed by atoms with Crippen LogP contribution < -0.4 is 10.2 Å². The van der Waals surface area contributed by atoms with E-state index in [-0.39, 0.29) is 5.75 Å². The SMILES string of the molecule is O=S1(=O)CCCCC1c1nc(N2CCNCC2)n[nH]1. The van der Waals surface area contributed by atoms with E-state index in [0.717, 1.165) is 39.0 Å². The molecule has 2 saturated heterocycles. The Hall–Kier alpha value is -1.15. The van der Waals surface area contributed by atoms with E-state index in [9.17, 15) is 8.42 Å². The van der Waals surface area contributed by atoms with Gasteiger partial charge in [-0.3, -0.25) is 5.10 Å². The van der Waals surface area contributed by atoms with Crippen LogP contribution in [0.2, 0.25) is 0 Å². The standard InChI is InChI=1S/C11H19N5O2S/c17-19(18)8-2-1-3-9(19)10-13-11(15-14-10)16-6-4-12-5-7-16/h9,12H,1-8H2,(H,13,14,15). The van der Waals surface area contributed by atoms with Gasteiger partial charge in [-0.2, -0.15) is 4.98 Å². The second kappa shape index (κ2) is 5.09. The molecule has 0 aliphatic carbocycles. The number of piperazine rings is 1. The van der Waals surface area contributed by atoms with Crippen molar-refractivity contribution in [3.05, 3.63) is 5.82 Å². The maximum atomic E-state index is 12.1. The minimum absolute atomic E-state index is 0.265. The number of hydrogen-bond donors (Lipinski definition) is 2. The van der Waals surface area contributed by atoms with E-state index in [1.54, 1.807) is 0 Å². The lowest BCUT2D eigenvalue weighted by Gasteiger charge is -2.26. The van der Waals surface area contributed by atoms with Crippen LogP contribution in [0.15, 0.2) is 0 Å². The van der Waals surface area contributed by atoms with Gasteiger partial charge in [0.25, 0.3) is 0 Å². The Morgan fingerprint density at radius 2 is 2.00 bits per heavy atom. The highest BCUT2D eigenvalue weighted by Crippen LogP contribution is 2.31. The van der Waals surface area contributed by atoms with Crippen molar-refractivity contribution in [3.8, 4) is 0 Å². The summed E-state index contributed by atoms with van der Waals surface area (Å²) < 4.78 is 24.1. The molecule has 2 aliphatic rings. The Kier molecular flexibility index (Phi) is 3.44. The van der Waals surface area contributed by atoms with Crippen molar-refractivity contribution in [1.29, 1.82) is 0 Å². The molecule has 0 amide bonds. The number of rotatable bonds is 2. The highest BCUT2D eigenvalue weighted by molar-refractivity contribution is 7.91. The van der Waals surface area contributed by atoms with E-state index in [2.05, 4.69) is 25.4 Å². The average molecular weight is 285 g/mol. The van der Waals surface area contributed by atoms with Crippen molar-refractivity contribution >= 4 is 15.8 Å². The van der Waals surface area contributed by atoms with Crippen LogP contribution in [0.3, 0.4) is 0 Å². The number of hydrogen-bond acceptors (Lipinski definition) is 6. The number of nitrogens with one attached hydrogen (secondary N) is 2. The molecule has 0 bridgehead atoms. The van der Waals surface area contributed by atoms with E-state index in [0.29, 0.717) is 18.2 Å². The molecule has 8 heteroatoms. The Morgan fingerprint density at radius 1 is 1.21 bits per heavy atom. The summed E-state index contributed by atoms with van der Waals surface area (Å²) in [4.78, 5) is 6.48. The van der Waals surface area contributed by atoms with Gasteiger partial charge in [-0.15, -0.1) is 5.10 Å². The molecule has 0 saturated carbocycles. The van der Waals surface area contributed by atoms with Crippen molar-refractivity contribution in [2.75, 3.05) is 36.8 Å². The summed E-state index contributed by atoms with van der Waals surface area (Å²) in [7, 11) is -3.06. The first-order valence-corrected chi connectivity index (χ1v) is 8.48. The first kappa shape index (κ1) is 12.9. The lowest BCUT2D eigenvalue weighted by atomic mass is 10.2. The molecule has 0 aromatic carbocycles. The van der Waals surface area contributed by atoms with Crippen molar-refractivity contribution in [3.63, 3.8) is 0 Å². The zero-order chi connectivity index (χ0) is 13.3. The molecule has 3 rings (SSSR count). The van der Waals surface area contributed by atoms with Gasteiger partial charge in [0.05, 0.1) is 5.75 Å². The van der Waals surface area contributed by atoms with Crippen LogP contribution in [0.1, 0.15) is 30.3 Å². The van der Waals surface area contributed by atoms with E-state index in [4.69, 9.17) is 0 Å². The molecule has 0 spiro atoms. The van der Waals surface area contributed by atoms with Crippen LogP contribution >= 0.6 is 0 Å². The zero-order valence-corrected chi connectivity index (χ0v) is 11.6. The molecular formula is C11H19N5O2S. The first-order valence-electron chi connectivity index (χ1n) is 6.76. The summed E-state index contributed by atoms with van der Waals surface area (Å²) in [5.74, 6) is 1.40. The average Bonchev–Trinajstić information content (AvgIpc) is 2.88. The smallest absolute Gasteiger partial charge is 0.244 e. The lowest BCUT2D eigenvalue weighted by Crippen LogP contribution is -2.44. The fraction of sp³-hybridized carbons (Fsp3) is 0.818. The molecule has 2 N–H and O–H groups in total. The van der Waals surface area contributed by atoms with Crippen molar-refractivity contribution in [1.82, 2.24) is 20.5 Å². The van der Waals surface area contributed by atoms with Crippen LogP contribution in [0.25, 0.3) is 0 Å². The topological polar surface area (TPSA) is 91.0 Å². The van der Waals surface area contributed by atoms with Gasteiger partial charge in [-0.05, 0) is 12.8 Å². The summed E-state index contributed by atoms with van der Waals surface area (Å²) in [6, 6.07) is 0. The van der Waals surface area contributed by atoms with E-state index in [1.807, 2.05) is 0 Å². The van der Waals surface area contributed by atoms with E-state index >= 15 is 0 Å². The van der Waals surface area contributed by atoms with E-state index < -0.39 is 15.1 Å². The Bertz CT molecular complexity index is 535. The minimum atomic E-state index is -3.06. The monoisotopic (exact) mass is 285 g/mol. The van der Waals surface area contributed by atoms with Gasteiger partial charge < -0.3 is 10.2 Å². The number of sulfone groups is 1. The highest BCUT2D eigenvalue weighted by atomic mass is 32.2. The molecule has 1 atom stereocenters. The fourth-order valence-corrected chi connectivity index (χ4v) is 4.54. The quantitative estimate of drug-likeness (QED) is 0.785. The zero-order valence-electron chi connectivity index (χ0n) is 10.8. The Morgan fingerprint density at radius 3 is 2.74 bits per heavy atom. The predicted molar refractivity (Wildman–Crippen MR) is 71.8 cm³/mol. The molecule has 106 valence electrons. The van der Waals surface area contributed by atoms with Gasteiger partial charge in [-0.25, -0.2) is 8.42 Å². The molecule has 0 radical (unpaired) electrons. The van der Waals surface area contributed by atoms with Gasteiger partial charge in [0.2, 0.25) is 5.95 Å². The molecule has 3 heterocycles. The number of nitrogens with zero attached hydrogens (tertiary/aromatic N) is 3. The number of aromatic amines is 1. The molecule has 2 aliphatic heterocycles. The van der Waals surface area contributed by atoms with Crippen LogP contribution in [-0.2, 0) is 9.84 Å². The summed E-state index contributed by atoms with van der Waals surface area (Å²) in [5, 5.41) is 9.77. The molecule has 7 nitrogen and oxygen atoms in total. The number of H-pyrrole nitrogens is 1. The summed E-state index contributed by atoms with van der Waals surface area (Å²) in [5.41, 5.74) is 0. The van der Waals surface area contributed by atoms with Crippen molar-refractivity contribution in [2.45, 2.75) is 24.5 Å². The lowest BCUT2D eigenvalue weighted by molar-refractivity contribution is 0.538. The first-order chi connectivity index (χ1) is 9.17. The number of aromatic nitrogens is 3. The third kappa shape index (κ3) is 2.59. The highest BCUT2D eigenvalue weighted by Gasteiger charge is 2.33. The Labute approximate surface area is 112 Å². The molecular weight excluding hydrogens is 266 g/mol. The third-order valence-electron chi connectivity index (χ3n) is 3.77. The summed E-state index contributed by atoms with van der Waals surface area (Å²) in [6.07, 6.45) is 2.35. The van der Waals surface area contributed by atoms with E-state index in [1.165, 1.54) is 0 Å². The Balaban J connectivity index is 1.80. The van der Waals surface area contributed by atoms with Crippen LogP contribution in [0, 0.1) is 0 Å². The second-order valence-electron chi connectivity index (χ2n) is 5.11. The maximum absolute atomic E-state index is 12.1.